The summed E-state index contributed by atoms with van der Waals surface area (Å²) in [5, 5.41) is 0. The van der Waals surface area contributed by atoms with E-state index in [1.807, 2.05) is 0 Å². The number of aryl methyl sites for hydroxylation is 2. The molecule has 2 heteroatoms. The summed E-state index contributed by atoms with van der Waals surface area (Å²) in [6, 6.07) is 7.07. The van der Waals surface area contributed by atoms with Crippen molar-refractivity contribution in [2.24, 2.45) is 5.92 Å². The molecular weight excluding hydrogens is 276 g/mol. The first kappa shape index (κ1) is 11.7. The van der Waals surface area contributed by atoms with Gasteiger partial charge in [0.25, 0.3) is 0 Å². The third-order valence-corrected chi connectivity index (χ3v) is 5.35. The van der Waals surface area contributed by atoms with Crippen LogP contribution in [0.1, 0.15) is 40.8 Å². The summed E-state index contributed by atoms with van der Waals surface area (Å²) in [5.41, 5.74) is 4.60. The highest BCUT2D eigenvalue weighted by molar-refractivity contribution is 9.09. The molecule has 1 aliphatic carbocycles. The van der Waals surface area contributed by atoms with Gasteiger partial charge in [0.15, 0.2) is 0 Å². The Labute approximate surface area is 112 Å². The second kappa shape index (κ2) is 5.11. The Morgan fingerprint density at radius 3 is 2.76 bits per heavy atom. The lowest BCUT2D eigenvalue weighted by molar-refractivity contribution is 0.185. The predicted octanol–water partition coefficient (Wildman–Crippen LogP) is 4.04. The molecule has 1 nitrogen and oxygen atoms in total. The lowest BCUT2D eigenvalue weighted by Crippen LogP contribution is -2.09. The van der Waals surface area contributed by atoms with Gasteiger partial charge in [-0.25, -0.2) is 0 Å². The fourth-order valence-corrected chi connectivity index (χ4v) is 3.68. The monoisotopic (exact) mass is 294 g/mol. The maximum Gasteiger partial charge on any atom is 0.0509 e. The maximum absolute atomic E-state index is 5.48. The predicted molar refractivity (Wildman–Crippen MR) is 73.7 cm³/mol. The summed E-state index contributed by atoms with van der Waals surface area (Å²) < 4.78 is 5.48. The van der Waals surface area contributed by atoms with E-state index in [-0.39, 0.29) is 0 Å². The molecule has 1 aromatic rings. The van der Waals surface area contributed by atoms with Gasteiger partial charge >= 0.3 is 0 Å². The van der Waals surface area contributed by atoms with Crippen LogP contribution in [-0.4, -0.2) is 13.2 Å². The first-order valence-electron chi connectivity index (χ1n) is 6.68. The van der Waals surface area contributed by atoms with Crippen LogP contribution in [0, 0.1) is 5.92 Å². The second-order valence-electron chi connectivity index (χ2n) is 5.26. The molecule has 1 aromatic carbocycles. The van der Waals surface area contributed by atoms with Gasteiger partial charge in [-0.1, -0.05) is 34.1 Å². The molecule has 3 rings (SSSR count). The fraction of sp³-hybridized carbons (Fsp3) is 0.600. The van der Waals surface area contributed by atoms with Gasteiger partial charge in [-0.15, -0.1) is 0 Å². The Morgan fingerprint density at radius 1 is 1.18 bits per heavy atom. The number of rotatable bonds is 2. The molecule has 0 N–H and O–H groups in total. The van der Waals surface area contributed by atoms with Crippen molar-refractivity contribution in [3.63, 3.8) is 0 Å². The number of alkyl halides is 1. The zero-order valence-electron chi connectivity index (χ0n) is 10.1. The minimum absolute atomic E-state index is 0.470. The Bertz CT molecular complexity index is 396. The first-order chi connectivity index (χ1) is 8.34. The topological polar surface area (TPSA) is 9.23 Å². The van der Waals surface area contributed by atoms with E-state index in [2.05, 4.69) is 34.1 Å². The second-order valence-corrected chi connectivity index (χ2v) is 6.25. The molecule has 2 aliphatic rings. The molecule has 92 valence electrons. The van der Waals surface area contributed by atoms with Gasteiger partial charge in [-0.3, -0.25) is 0 Å². The summed E-state index contributed by atoms with van der Waals surface area (Å²) in [4.78, 5) is 0.470. The number of benzene rings is 1. The van der Waals surface area contributed by atoms with Crippen LogP contribution < -0.4 is 0 Å². The van der Waals surface area contributed by atoms with Crippen molar-refractivity contribution in [2.45, 2.75) is 36.9 Å². The molecule has 1 fully saturated rings. The third-order valence-electron chi connectivity index (χ3n) is 4.07. The molecule has 0 amide bonds. The molecule has 0 saturated carbocycles. The van der Waals surface area contributed by atoms with Gasteiger partial charge in [0.1, 0.15) is 0 Å². The fourth-order valence-electron chi connectivity index (χ4n) is 2.98. The van der Waals surface area contributed by atoms with Crippen LogP contribution in [0.15, 0.2) is 18.2 Å². The Hall–Kier alpha value is -0.340. The molecule has 2 atom stereocenters. The van der Waals surface area contributed by atoms with Crippen molar-refractivity contribution < 1.29 is 4.74 Å². The zero-order chi connectivity index (χ0) is 11.7. The van der Waals surface area contributed by atoms with Crippen molar-refractivity contribution >= 4 is 15.9 Å². The van der Waals surface area contributed by atoms with E-state index >= 15 is 0 Å². The lowest BCUT2D eigenvalue weighted by atomic mass is 9.88. The van der Waals surface area contributed by atoms with Crippen LogP contribution in [0.4, 0.5) is 0 Å². The third kappa shape index (κ3) is 2.43. The van der Waals surface area contributed by atoms with Gasteiger partial charge in [0, 0.05) is 17.4 Å². The molecular formula is C15H19BrO. The molecule has 1 saturated heterocycles. The minimum Gasteiger partial charge on any atom is -0.381 e. The number of hydrogen-bond donors (Lipinski definition) is 0. The van der Waals surface area contributed by atoms with Crippen LogP contribution in [0.3, 0.4) is 0 Å². The molecule has 1 heterocycles. The quantitative estimate of drug-likeness (QED) is 0.748. The maximum atomic E-state index is 5.48. The van der Waals surface area contributed by atoms with Crippen molar-refractivity contribution in [2.75, 3.05) is 13.2 Å². The van der Waals surface area contributed by atoms with E-state index in [0.29, 0.717) is 10.7 Å². The summed E-state index contributed by atoms with van der Waals surface area (Å²) >= 11 is 3.86. The average molecular weight is 295 g/mol. The smallest absolute Gasteiger partial charge is 0.0509 e. The van der Waals surface area contributed by atoms with Gasteiger partial charge in [-0.05, 0) is 48.8 Å². The van der Waals surface area contributed by atoms with Crippen LogP contribution in [0.25, 0.3) is 0 Å². The van der Waals surface area contributed by atoms with Crippen molar-refractivity contribution in [3.8, 4) is 0 Å². The van der Waals surface area contributed by atoms with E-state index in [1.54, 1.807) is 11.1 Å². The van der Waals surface area contributed by atoms with E-state index < -0.39 is 0 Å². The number of hydrogen-bond acceptors (Lipinski definition) is 1. The van der Waals surface area contributed by atoms with Crippen molar-refractivity contribution in [3.05, 3.63) is 34.9 Å². The highest BCUT2D eigenvalue weighted by atomic mass is 79.9. The van der Waals surface area contributed by atoms with Crippen LogP contribution in [0.2, 0.25) is 0 Å². The Balaban J connectivity index is 1.82. The molecule has 17 heavy (non-hydrogen) atoms. The number of halogens is 1. The normalized spacial score (nSPS) is 25.6. The largest absolute Gasteiger partial charge is 0.381 e. The summed E-state index contributed by atoms with van der Waals surface area (Å²) in [5.74, 6) is 0.650. The molecule has 2 unspecified atom stereocenters. The van der Waals surface area contributed by atoms with Crippen LogP contribution in [0.5, 0.6) is 0 Å². The zero-order valence-corrected chi connectivity index (χ0v) is 11.7. The SMILES string of the molecule is BrC(c1ccc2c(c1)CCCC2)C1CCOC1. The number of fused-ring (bicyclic) bond motifs is 1. The standard InChI is InChI=1S/C15H19BrO/c16-15(14-7-8-17-10-14)13-6-5-11-3-1-2-4-12(11)9-13/h5-6,9,14-15H,1-4,7-8,10H2. The van der Waals surface area contributed by atoms with Gasteiger partial charge in [0.05, 0.1) is 6.61 Å². The van der Waals surface area contributed by atoms with E-state index in [0.717, 1.165) is 13.2 Å². The average Bonchev–Trinajstić information content (AvgIpc) is 2.91. The Kier molecular flexibility index (Phi) is 3.53. The summed E-state index contributed by atoms with van der Waals surface area (Å²) in [6.45, 7) is 1.84. The van der Waals surface area contributed by atoms with Crippen LogP contribution in [-0.2, 0) is 17.6 Å². The van der Waals surface area contributed by atoms with E-state index in [4.69, 9.17) is 4.74 Å². The first-order valence-corrected chi connectivity index (χ1v) is 7.59. The Morgan fingerprint density at radius 2 is 2.00 bits per heavy atom. The minimum atomic E-state index is 0.470. The van der Waals surface area contributed by atoms with Gasteiger partial charge in [-0.2, -0.15) is 0 Å². The van der Waals surface area contributed by atoms with Crippen molar-refractivity contribution in [1.82, 2.24) is 0 Å². The van der Waals surface area contributed by atoms with E-state index in [1.165, 1.54) is 37.7 Å². The molecule has 1 aliphatic heterocycles. The summed E-state index contributed by atoms with van der Waals surface area (Å²) in [6.07, 6.45) is 6.45. The summed E-state index contributed by atoms with van der Waals surface area (Å²) in [7, 11) is 0. The number of ether oxygens (including phenoxy) is 1. The van der Waals surface area contributed by atoms with Gasteiger partial charge < -0.3 is 4.74 Å². The molecule has 0 spiro atoms. The lowest BCUT2D eigenvalue weighted by Gasteiger charge is -2.21. The molecule has 0 radical (unpaired) electrons. The van der Waals surface area contributed by atoms with Gasteiger partial charge in [0.2, 0.25) is 0 Å². The highest BCUT2D eigenvalue weighted by Crippen LogP contribution is 2.37. The molecule has 0 aromatic heterocycles. The van der Waals surface area contributed by atoms with Crippen molar-refractivity contribution in [1.29, 1.82) is 0 Å². The highest BCUT2D eigenvalue weighted by Gasteiger charge is 2.25. The molecule has 0 bridgehead atoms. The van der Waals surface area contributed by atoms with E-state index in [9.17, 15) is 0 Å². The van der Waals surface area contributed by atoms with Crippen LogP contribution >= 0.6 is 15.9 Å².